The Labute approximate surface area is 195 Å². The summed E-state index contributed by atoms with van der Waals surface area (Å²) in [6, 6.07) is 18.5. The summed E-state index contributed by atoms with van der Waals surface area (Å²) in [7, 11) is 0. The third-order valence-corrected chi connectivity index (χ3v) is 6.25. The molecule has 32 heavy (non-hydrogen) atoms. The summed E-state index contributed by atoms with van der Waals surface area (Å²) >= 11 is 7.75. The minimum Gasteiger partial charge on any atom is -0.363 e. The van der Waals surface area contributed by atoms with Gasteiger partial charge in [0.15, 0.2) is 0 Å². The van der Waals surface area contributed by atoms with E-state index in [0.29, 0.717) is 5.02 Å². The van der Waals surface area contributed by atoms with Gasteiger partial charge in [-0.3, -0.25) is 4.98 Å². The first-order chi connectivity index (χ1) is 15.5. The fourth-order valence-electron chi connectivity index (χ4n) is 3.67. The number of thiazole rings is 1. The Morgan fingerprint density at radius 3 is 2.72 bits per heavy atom. The first-order valence-electron chi connectivity index (χ1n) is 10.2. The molecule has 0 aliphatic carbocycles. The molecule has 2 aromatic carbocycles. The predicted molar refractivity (Wildman–Crippen MR) is 132 cm³/mol. The van der Waals surface area contributed by atoms with E-state index < -0.39 is 0 Å². The lowest BCUT2D eigenvalue weighted by molar-refractivity contribution is 0.868. The maximum absolute atomic E-state index is 6.12. The highest BCUT2D eigenvalue weighted by molar-refractivity contribution is 7.16. The molecule has 7 heteroatoms. The van der Waals surface area contributed by atoms with Gasteiger partial charge in [-0.25, -0.2) is 15.0 Å². The van der Waals surface area contributed by atoms with Gasteiger partial charge in [-0.05, 0) is 49.2 Å². The van der Waals surface area contributed by atoms with Gasteiger partial charge in [0.1, 0.15) is 11.6 Å². The third kappa shape index (κ3) is 4.33. The second-order valence-electron chi connectivity index (χ2n) is 7.60. The highest BCUT2D eigenvalue weighted by atomic mass is 35.5. The molecule has 3 aromatic heterocycles. The van der Waals surface area contributed by atoms with Crippen molar-refractivity contribution < 1.29 is 0 Å². The Bertz CT molecular complexity index is 1410. The van der Waals surface area contributed by atoms with Crippen LogP contribution in [0.2, 0.25) is 5.02 Å². The van der Waals surface area contributed by atoms with Gasteiger partial charge in [0.2, 0.25) is 0 Å². The van der Waals surface area contributed by atoms with E-state index in [2.05, 4.69) is 62.5 Å². The van der Waals surface area contributed by atoms with Gasteiger partial charge in [-0.2, -0.15) is 0 Å². The van der Waals surface area contributed by atoms with E-state index in [1.807, 2.05) is 42.9 Å². The van der Waals surface area contributed by atoms with Gasteiger partial charge < -0.3 is 5.32 Å². The zero-order valence-corrected chi connectivity index (χ0v) is 19.2. The third-order valence-electron chi connectivity index (χ3n) is 5.25. The van der Waals surface area contributed by atoms with Crippen LogP contribution < -0.4 is 5.32 Å². The fraction of sp³-hybridized carbons (Fsp3) is 0.120. The van der Waals surface area contributed by atoms with E-state index in [0.717, 1.165) is 49.8 Å². The molecule has 1 N–H and O–H groups in total. The van der Waals surface area contributed by atoms with E-state index in [1.54, 1.807) is 17.5 Å². The summed E-state index contributed by atoms with van der Waals surface area (Å²) in [5, 5.41) is 4.15. The molecule has 0 bridgehead atoms. The standard InChI is InChI=1S/C25H20ClN5S/c1-15(17-4-3-5-18(8-17)20-9-21(26)13-27-12-20)29-25-11-23(30-16(2)31-25)19-6-7-22-24(10-19)32-14-28-22/h3-15H,1-2H3,(H,29,30,31). The number of pyridine rings is 1. The minimum absolute atomic E-state index is 0.0493. The lowest BCUT2D eigenvalue weighted by Gasteiger charge is -2.17. The minimum atomic E-state index is 0.0493. The van der Waals surface area contributed by atoms with E-state index in [1.165, 1.54) is 0 Å². The predicted octanol–water partition coefficient (Wildman–Crippen LogP) is 6.95. The Kier molecular flexibility index (Phi) is 5.55. The molecule has 0 saturated heterocycles. The number of aryl methyl sites for hydroxylation is 1. The van der Waals surface area contributed by atoms with Crippen molar-refractivity contribution in [2.75, 3.05) is 5.32 Å². The molecule has 0 amide bonds. The molecular weight excluding hydrogens is 438 g/mol. The second kappa shape index (κ2) is 8.65. The average Bonchev–Trinajstić information content (AvgIpc) is 3.27. The largest absolute Gasteiger partial charge is 0.363 e. The van der Waals surface area contributed by atoms with Gasteiger partial charge in [-0.1, -0.05) is 35.9 Å². The number of anilines is 1. The molecule has 3 heterocycles. The molecule has 0 radical (unpaired) electrons. The molecule has 5 nitrogen and oxygen atoms in total. The summed E-state index contributed by atoms with van der Waals surface area (Å²) in [6.07, 6.45) is 3.46. The van der Waals surface area contributed by atoms with Crippen LogP contribution in [-0.2, 0) is 0 Å². The monoisotopic (exact) mass is 457 g/mol. The molecule has 1 unspecified atom stereocenters. The van der Waals surface area contributed by atoms with Crippen LogP contribution in [0.15, 0.2) is 72.5 Å². The Hall–Kier alpha value is -3.35. The first-order valence-corrected chi connectivity index (χ1v) is 11.5. The van der Waals surface area contributed by atoms with Crippen molar-refractivity contribution in [1.82, 2.24) is 19.9 Å². The van der Waals surface area contributed by atoms with Crippen molar-refractivity contribution in [1.29, 1.82) is 0 Å². The summed E-state index contributed by atoms with van der Waals surface area (Å²) in [5.41, 5.74) is 8.02. The SMILES string of the molecule is Cc1nc(NC(C)c2cccc(-c3cncc(Cl)c3)c2)cc(-c2ccc3ncsc3c2)n1. The maximum atomic E-state index is 6.12. The van der Waals surface area contributed by atoms with Crippen LogP contribution in [-0.4, -0.2) is 19.9 Å². The van der Waals surface area contributed by atoms with Crippen molar-refractivity contribution in [2.24, 2.45) is 0 Å². The summed E-state index contributed by atoms with van der Waals surface area (Å²) < 4.78 is 1.15. The topological polar surface area (TPSA) is 63.6 Å². The summed E-state index contributed by atoms with van der Waals surface area (Å²) in [5.74, 6) is 1.51. The van der Waals surface area contributed by atoms with Crippen LogP contribution in [0.4, 0.5) is 5.82 Å². The van der Waals surface area contributed by atoms with Gasteiger partial charge in [0.05, 0.1) is 26.4 Å². The number of rotatable bonds is 5. The number of halogens is 1. The molecule has 5 rings (SSSR count). The Morgan fingerprint density at radius 2 is 1.84 bits per heavy atom. The van der Waals surface area contributed by atoms with Gasteiger partial charge in [0.25, 0.3) is 0 Å². The van der Waals surface area contributed by atoms with E-state index in [-0.39, 0.29) is 6.04 Å². The highest BCUT2D eigenvalue weighted by Gasteiger charge is 2.11. The van der Waals surface area contributed by atoms with Crippen molar-refractivity contribution in [3.8, 4) is 22.4 Å². The molecule has 5 aromatic rings. The zero-order valence-electron chi connectivity index (χ0n) is 17.6. The highest BCUT2D eigenvalue weighted by Crippen LogP contribution is 2.29. The molecule has 0 saturated carbocycles. The summed E-state index contributed by atoms with van der Waals surface area (Å²) in [6.45, 7) is 4.03. The number of hydrogen-bond acceptors (Lipinski definition) is 6. The van der Waals surface area contributed by atoms with Crippen molar-refractivity contribution >= 4 is 39.0 Å². The lowest BCUT2D eigenvalue weighted by atomic mass is 10.0. The molecule has 0 spiro atoms. The number of aromatic nitrogens is 4. The van der Waals surface area contributed by atoms with E-state index in [9.17, 15) is 0 Å². The van der Waals surface area contributed by atoms with Crippen LogP contribution in [0, 0.1) is 6.92 Å². The average molecular weight is 458 g/mol. The normalized spacial score (nSPS) is 12.1. The van der Waals surface area contributed by atoms with Crippen molar-refractivity contribution in [3.63, 3.8) is 0 Å². The smallest absolute Gasteiger partial charge is 0.130 e. The van der Waals surface area contributed by atoms with E-state index in [4.69, 9.17) is 11.6 Å². The zero-order chi connectivity index (χ0) is 22.1. The van der Waals surface area contributed by atoms with Gasteiger partial charge in [0, 0.05) is 35.6 Å². The summed E-state index contributed by atoms with van der Waals surface area (Å²) in [4.78, 5) is 17.8. The van der Waals surface area contributed by atoms with Crippen LogP contribution >= 0.6 is 22.9 Å². The Morgan fingerprint density at radius 1 is 0.938 bits per heavy atom. The molecule has 158 valence electrons. The quantitative estimate of drug-likeness (QED) is 0.309. The Balaban J connectivity index is 1.42. The van der Waals surface area contributed by atoms with Crippen LogP contribution in [0.5, 0.6) is 0 Å². The number of benzene rings is 2. The lowest BCUT2D eigenvalue weighted by Crippen LogP contribution is -2.09. The number of nitrogens with one attached hydrogen (secondary N) is 1. The molecule has 1 atom stereocenters. The van der Waals surface area contributed by atoms with E-state index >= 15 is 0 Å². The molecule has 0 aliphatic heterocycles. The molecule has 0 aliphatic rings. The van der Waals surface area contributed by atoms with Crippen molar-refractivity contribution in [2.45, 2.75) is 19.9 Å². The second-order valence-corrected chi connectivity index (χ2v) is 8.93. The molecular formula is C25H20ClN5S. The number of hydrogen-bond donors (Lipinski definition) is 1. The number of fused-ring (bicyclic) bond motifs is 1. The van der Waals surface area contributed by atoms with Crippen LogP contribution in [0.25, 0.3) is 32.6 Å². The molecule has 0 fully saturated rings. The van der Waals surface area contributed by atoms with Gasteiger partial charge >= 0.3 is 0 Å². The van der Waals surface area contributed by atoms with Crippen LogP contribution in [0.1, 0.15) is 24.4 Å². The maximum Gasteiger partial charge on any atom is 0.130 e. The fourth-order valence-corrected chi connectivity index (χ4v) is 4.56. The van der Waals surface area contributed by atoms with Crippen LogP contribution in [0.3, 0.4) is 0 Å². The van der Waals surface area contributed by atoms with Crippen molar-refractivity contribution in [3.05, 3.63) is 88.9 Å². The van der Waals surface area contributed by atoms with Gasteiger partial charge in [-0.15, -0.1) is 11.3 Å². The first kappa shape index (κ1) is 20.5. The number of nitrogens with zero attached hydrogens (tertiary/aromatic N) is 4.